The molecule has 0 nitrogen and oxygen atoms in total. The lowest BCUT2D eigenvalue weighted by molar-refractivity contribution is -0.330. The summed E-state index contributed by atoms with van der Waals surface area (Å²) >= 11 is 0. The van der Waals surface area contributed by atoms with E-state index in [4.69, 9.17) is 23.5 Å². The molecule has 0 amide bonds. The first-order valence-corrected chi connectivity index (χ1v) is 6.96. The summed E-state index contributed by atoms with van der Waals surface area (Å²) < 4.78 is 130. The first-order valence-electron chi connectivity index (χ1n) is 6.96. The van der Waals surface area contributed by atoms with E-state index in [0.717, 1.165) is 0 Å². The Bertz CT molecular complexity index is 591. The van der Waals surface area contributed by atoms with E-state index in [9.17, 15) is 35.1 Å². The van der Waals surface area contributed by atoms with Crippen LogP contribution >= 0.6 is 0 Å². The van der Waals surface area contributed by atoms with Gasteiger partial charge < -0.3 is 0 Å². The van der Waals surface area contributed by atoms with Crippen molar-refractivity contribution in [2.45, 2.75) is 65.5 Å². The average molecular weight is 367 g/mol. The van der Waals surface area contributed by atoms with E-state index in [0.29, 0.717) is 0 Å². The second-order valence-electron chi connectivity index (χ2n) is 7.03. The van der Waals surface area contributed by atoms with Crippen molar-refractivity contribution < 1.29 is 39.5 Å². The molecule has 9 unspecified atom stereocenters. The molecule has 2 saturated carbocycles. The molecule has 2 rings (SSSR count). The van der Waals surface area contributed by atoms with Crippen molar-refractivity contribution in [3.63, 3.8) is 0 Å². The molecular weight excluding hydrogens is 358 g/mol. The maximum Gasteiger partial charge on any atom is 0.308 e. The van der Waals surface area contributed by atoms with Crippen molar-refractivity contribution in [1.29, 1.82) is 0 Å². The molecule has 9 atom stereocenters. The maximum absolute atomic E-state index is 15.4. The molecule has 0 aromatic heterocycles. The molecule has 8 radical (unpaired) electrons. The molecule has 0 spiro atoms. The minimum atomic E-state index is -5.79. The summed E-state index contributed by atoms with van der Waals surface area (Å²) in [5, 5.41) is 0. The van der Waals surface area contributed by atoms with Crippen LogP contribution in [0.2, 0.25) is 5.82 Å². The molecule has 0 aromatic rings. The van der Waals surface area contributed by atoms with Gasteiger partial charge in [0.15, 0.2) is 23.1 Å². The monoisotopic (exact) mass is 368 g/mol. The number of halogens is 9. The molecule has 2 fully saturated rings. The normalized spacial score (nSPS) is 64.5. The van der Waals surface area contributed by atoms with Crippen LogP contribution in [0.3, 0.4) is 0 Å². The van der Waals surface area contributed by atoms with E-state index in [1.165, 1.54) is 0 Å². The Morgan fingerprint density at radius 2 is 1.16 bits per heavy atom. The van der Waals surface area contributed by atoms with Crippen molar-refractivity contribution in [3.05, 3.63) is 0 Å². The van der Waals surface area contributed by atoms with Crippen LogP contribution in [-0.2, 0) is 0 Å². The van der Waals surface area contributed by atoms with E-state index in [1.54, 1.807) is 0 Å². The van der Waals surface area contributed by atoms with Crippen LogP contribution in [0.15, 0.2) is 0 Å². The lowest BCUT2D eigenvalue weighted by atomic mass is 9.31. The van der Waals surface area contributed by atoms with Crippen LogP contribution in [0.5, 0.6) is 0 Å². The highest BCUT2D eigenvalue weighted by Crippen LogP contribution is 2.72. The molecule has 132 valence electrons. The highest BCUT2D eigenvalue weighted by molar-refractivity contribution is 6.24. The second-order valence-corrected chi connectivity index (χ2v) is 7.03. The van der Waals surface area contributed by atoms with Crippen molar-refractivity contribution in [2.75, 3.05) is 0 Å². The first-order chi connectivity index (χ1) is 10.7. The topological polar surface area (TPSA) is 0 Å². The Hall–Kier alpha value is -0.370. The molecule has 13 heteroatoms. The zero-order valence-electron chi connectivity index (χ0n) is 12.9. The van der Waals surface area contributed by atoms with E-state index < -0.39 is 57.5 Å². The largest absolute Gasteiger partial charge is 0.308 e. The van der Waals surface area contributed by atoms with E-state index in [-0.39, 0.29) is 13.8 Å². The minimum Gasteiger partial charge on any atom is -0.251 e. The van der Waals surface area contributed by atoms with Crippen molar-refractivity contribution in [1.82, 2.24) is 0 Å². The molecule has 0 saturated heterocycles. The van der Waals surface area contributed by atoms with Gasteiger partial charge in [-0.15, -0.1) is 0 Å². The van der Waals surface area contributed by atoms with Gasteiger partial charge in [-0.2, -0.15) is 0 Å². The average Bonchev–Trinajstić information content (AvgIpc) is 2.42. The van der Waals surface area contributed by atoms with Gasteiger partial charge in [-0.3, -0.25) is 4.39 Å². The fourth-order valence-corrected chi connectivity index (χ4v) is 3.73. The van der Waals surface area contributed by atoms with Gasteiger partial charge in [-0.05, 0) is 19.7 Å². The number of hydrogen-bond donors (Lipinski definition) is 0. The molecule has 0 aliphatic heterocycles. The predicted molar refractivity (Wildman–Crippen MR) is 74.5 cm³/mol. The van der Waals surface area contributed by atoms with Crippen LogP contribution < -0.4 is 0 Å². The van der Waals surface area contributed by atoms with Gasteiger partial charge in [0.2, 0.25) is 0 Å². The third-order valence-electron chi connectivity index (χ3n) is 5.74. The second kappa shape index (κ2) is 4.72. The highest BCUT2D eigenvalue weighted by atomic mass is 19.3. The summed E-state index contributed by atoms with van der Waals surface area (Å²) in [6, 6.07) is 0. The molecule has 2 aliphatic carbocycles. The van der Waals surface area contributed by atoms with Gasteiger partial charge in [0, 0.05) is 5.92 Å². The van der Waals surface area contributed by atoms with E-state index >= 15 is 4.39 Å². The first kappa shape index (κ1) is 20.9. The number of hydrogen-bond acceptors (Lipinski definition) is 0. The third kappa shape index (κ3) is 1.79. The number of fused-ring (bicyclic) bond motifs is 1. The smallest absolute Gasteiger partial charge is 0.251 e. The summed E-state index contributed by atoms with van der Waals surface area (Å²) in [5.41, 5.74) is -28.3. The van der Waals surface area contributed by atoms with Crippen LogP contribution in [0.25, 0.3) is 0 Å². The Morgan fingerprint density at radius 1 is 0.760 bits per heavy atom. The molecule has 25 heavy (non-hydrogen) atoms. The quantitative estimate of drug-likeness (QED) is 0.455. The summed E-state index contributed by atoms with van der Waals surface area (Å²) in [6.45, 7) is 0.168. The van der Waals surface area contributed by atoms with Gasteiger partial charge >= 0.3 is 5.92 Å². The minimum absolute atomic E-state index is 0.0312. The van der Waals surface area contributed by atoms with Crippen LogP contribution in [-0.4, -0.2) is 77.2 Å². The standard InChI is InChI=1S/C12H9B4F9/c1-6(18)4(13)3-8(14,20)5(17)10(22,23)12(16,25)9(3,21)11(15,24)7(6,2)19/h3-5H,1-2H3. The van der Waals surface area contributed by atoms with Crippen LogP contribution in [0.1, 0.15) is 13.8 Å². The van der Waals surface area contributed by atoms with Gasteiger partial charge in [-0.1, -0.05) is 0 Å². The fraction of sp³-hybridized carbons (Fsp3) is 1.00. The van der Waals surface area contributed by atoms with Crippen LogP contribution in [0.4, 0.5) is 39.5 Å². The van der Waals surface area contributed by atoms with Crippen molar-refractivity contribution >= 4 is 31.4 Å². The molecule has 0 aromatic carbocycles. The lowest BCUT2D eigenvalue weighted by Gasteiger charge is -2.69. The van der Waals surface area contributed by atoms with Gasteiger partial charge in [0.05, 0.1) is 7.85 Å². The van der Waals surface area contributed by atoms with Gasteiger partial charge in [0.25, 0.3) is 0 Å². The maximum atomic E-state index is 15.4. The fourth-order valence-electron chi connectivity index (χ4n) is 3.73. The summed E-state index contributed by atoms with van der Waals surface area (Å²) in [4.78, 5) is 0. The Morgan fingerprint density at radius 3 is 1.56 bits per heavy atom. The zero-order valence-corrected chi connectivity index (χ0v) is 12.9. The van der Waals surface area contributed by atoms with Crippen molar-refractivity contribution in [2.24, 2.45) is 5.92 Å². The van der Waals surface area contributed by atoms with Crippen molar-refractivity contribution in [3.8, 4) is 0 Å². The Balaban J connectivity index is 2.96. The summed E-state index contributed by atoms with van der Waals surface area (Å²) in [6.07, 6.45) is -4.36. The lowest BCUT2D eigenvalue weighted by Crippen LogP contribution is -2.90. The SMILES string of the molecule is [B]C1C2C([B])(F)C(F)C(F)(F)C([B])(F)C2(F)C([B])(F)C(C)(F)C1(C)F. The highest BCUT2D eigenvalue weighted by Gasteiger charge is 2.91. The molecular formula is C12H9B4F9. The summed E-state index contributed by atoms with van der Waals surface area (Å²) in [7, 11) is 19.1. The molecule has 2 aliphatic rings. The van der Waals surface area contributed by atoms with Gasteiger partial charge in [-0.25, -0.2) is 35.1 Å². The predicted octanol–water partition coefficient (Wildman–Crippen LogP) is 2.23. The summed E-state index contributed by atoms with van der Waals surface area (Å²) in [5.74, 6) is -12.3. The molecule has 0 N–H and O–H groups in total. The third-order valence-corrected chi connectivity index (χ3v) is 5.74. The zero-order chi connectivity index (χ0) is 20.2. The molecule has 0 heterocycles. The van der Waals surface area contributed by atoms with E-state index in [2.05, 4.69) is 7.85 Å². The number of alkyl halides is 9. The molecule has 0 bridgehead atoms. The van der Waals surface area contributed by atoms with Gasteiger partial charge in [0.1, 0.15) is 40.3 Å². The Labute approximate surface area is 143 Å². The van der Waals surface area contributed by atoms with Crippen LogP contribution in [0, 0.1) is 5.92 Å². The van der Waals surface area contributed by atoms with E-state index in [1.807, 2.05) is 0 Å². The number of rotatable bonds is 0. The Kier molecular flexibility index (Phi) is 3.95.